The molecule has 1 fully saturated rings. The first-order chi connectivity index (χ1) is 13.6. The SMILES string of the molecule is CCNC(=NCC1CCCOC1c1ccc(C)cc1)NCCS(=O)(=O)C(C)(C)C. The average Bonchev–Trinajstić information content (AvgIpc) is 2.66. The van der Waals surface area contributed by atoms with E-state index in [1.807, 2.05) is 6.92 Å². The van der Waals surface area contributed by atoms with Crippen LogP contribution in [0.1, 0.15) is 57.8 Å². The number of ether oxygens (including phenoxy) is 1. The van der Waals surface area contributed by atoms with Gasteiger partial charge in [0, 0.05) is 32.2 Å². The van der Waals surface area contributed by atoms with Crippen molar-refractivity contribution in [1.29, 1.82) is 0 Å². The molecule has 0 saturated carbocycles. The lowest BCUT2D eigenvalue weighted by Gasteiger charge is -2.31. The van der Waals surface area contributed by atoms with Crippen LogP contribution in [0.5, 0.6) is 0 Å². The fraction of sp³-hybridized carbons (Fsp3) is 0.682. The molecule has 1 aromatic carbocycles. The van der Waals surface area contributed by atoms with Crippen LogP contribution in [-0.4, -0.2) is 51.1 Å². The highest BCUT2D eigenvalue weighted by atomic mass is 32.2. The van der Waals surface area contributed by atoms with Crippen molar-refractivity contribution >= 4 is 15.8 Å². The quantitative estimate of drug-likeness (QED) is 0.520. The summed E-state index contributed by atoms with van der Waals surface area (Å²) in [5.41, 5.74) is 2.44. The highest BCUT2D eigenvalue weighted by Crippen LogP contribution is 2.33. The summed E-state index contributed by atoms with van der Waals surface area (Å²) in [6.45, 7) is 11.8. The summed E-state index contributed by atoms with van der Waals surface area (Å²) in [4.78, 5) is 4.73. The fourth-order valence-corrected chi connectivity index (χ4v) is 4.30. The molecule has 1 aromatic rings. The zero-order chi connectivity index (χ0) is 21.5. The van der Waals surface area contributed by atoms with Gasteiger partial charge >= 0.3 is 0 Å². The lowest BCUT2D eigenvalue weighted by Crippen LogP contribution is -2.42. The van der Waals surface area contributed by atoms with Crippen LogP contribution in [0, 0.1) is 12.8 Å². The predicted molar refractivity (Wildman–Crippen MR) is 120 cm³/mol. The van der Waals surface area contributed by atoms with Crippen LogP contribution >= 0.6 is 0 Å². The van der Waals surface area contributed by atoms with E-state index >= 15 is 0 Å². The van der Waals surface area contributed by atoms with E-state index in [4.69, 9.17) is 9.73 Å². The third kappa shape index (κ3) is 7.00. The smallest absolute Gasteiger partial charge is 0.191 e. The number of guanidine groups is 1. The second-order valence-corrected chi connectivity index (χ2v) is 11.5. The normalized spacial score (nSPS) is 21.1. The van der Waals surface area contributed by atoms with Gasteiger partial charge in [-0.3, -0.25) is 4.99 Å². The van der Waals surface area contributed by atoms with Crippen molar-refractivity contribution in [2.24, 2.45) is 10.9 Å². The number of aliphatic imine (C=N–C) groups is 1. The largest absolute Gasteiger partial charge is 0.373 e. The number of hydrogen-bond donors (Lipinski definition) is 2. The summed E-state index contributed by atoms with van der Waals surface area (Å²) in [5, 5.41) is 6.38. The Kier molecular flexibility index (Phi) is 8.52. The summed E-state index contributed by atoms with van der Waals surface area (Å²) in [5.74, 6) is 1.05. The average molecular weight is 424 g/mol. The molecule has 0 amide bonds. The maximum atomic E-state index is 12.3. The van der Waals surface area contributed by atoms with Gasteiger partial charge in [0.05, 0.1) is 16.6 Å². The van der Waals surface area contributed by atoms with Crippen molar-refractivity contribution < 1.29 is 13.2 Å². The monoisotopic (exact) mass is 423 g/mol. The Hall–Kier alpha value is -1.60. The Bertz CT molecular complexity index is 767. The standard InChI is InChI=1S/C22H37N3O3S/c1-6-23-21(24-13-15-29(26,27)22(3,4)5)25-16-19-8-7-14-28-20(19)18-11-9-17(2)10-12-18/h9-12,19-20H,6-8,13-16H2,1-5H3,(H2,23,24,25). The molecule has 2 unspecified atom stereocenters. The van der Waals surface area contributed by atoms with E-state index in [-0.39, 0.29) is 11.9 Å². The van der Waals surface area contributed by atoms with Crippen molar-refractivity contribution in [3.8, 4) is 0 Å². The first-order valence-corrected chi connectivity index (χ1v) is 12.2. The number of nitrogens with zero attached hydrogens (tertiary/aromatic N) is 1. The molecule has 2 atom stereocenters. The number of rotatable bonds is 7. The Morgan fingerprint density at radius 1 is 1.21 bits per heavy atom. The van der Waals surface area contributed by atoms with E-state index in [0.717, 1.165) is 26.0 Å². The molecule has 2 N–H and O–H groups in total. The lowest BCUT2D eigenvalue weighted by molar-refractivity contribution is -0.0250. The maximum absolute atomic E-state index is 12.3. The molecule has 0 aromatic heterocycles. The van der Waals surface area contributed by atoms with Crippen LogP contribution in [0.25, 0.3) is 0 Å². The van der Waals surface area contributed by atoms with Crippen molar-refractivity contribution in [1.82, 2.24) is 10.6 Å². The molecule has 0 bridgehead atoms. The molecule has 0 radical (unpaired) electrons. The number of sulfone groups is 1. The second-order valence-electron chi connectivity index (χ2n) is 8.68. The van der Waals surface area contributed by atoms with Crippen molar-refractivity contribution in [2.45, 2.75) is 58.3 Å². The zero-order valence-electron chi connectivity index (χ0n) is 18.5. The zero-order valence-corrected chi connectivity index (χ0v) is 19.3. The van der Waals surface area contributed by atoms with Crippen LogP contribution < -0.4 is 10.6 Å². The van der Waals surface area contributed by atoms with Gasteiger partial charge in [0.15, 0.2) is 15.8 Å². The topological polar surface area (TPSA) is 79.8 Å². The van der Waals surface area contributed by atoms with Crippen LogP contribution in [0.4, 0.5) is 0 Å². The molecular weight excluding hydrogens is 386 g/mol. The summed E-state index contributed by atoms with van der Waals surface area (Å²) in [7, 11) is -3.16. The van der Waals surface area contributed by atoms with Gasteiger partial charge in [0.25, 0.3) is 0 Å². The second kappa shape index (κ2) is 10.4. The molecule has 0 spiro atoms. The van der Waals surface area contributed by atoms with Crippen LogP contribution in [0.3, 0.4) is 0 Å². The fourth-order valence-electron chi connectivity index (χ4n) is 3.32. The summed E-state index contributed by atoms with van der Waals surface area (Å²) < 4.78 is 29.9. The van der Waals surface area contributed by atoms with E-state index in [9.17, 15) is 8.42 Å². The molecular formula is C22H37N3O3S. The molecule has 1 saturated heterocycles. The van der Waals surface area contributed by atoms with Gasteiger partial charge in [-0.05, 0) is 53.0 Å². The molecule has 1 heterocycles. The summed E-state index contributed by atoms with van der Waals surface area (Å²) in [6, 6.07) is 8.52. The molecule has 164 valence electrons. The first-order valence-electron chi connectivity index (χ1n) is 10.6. The van der Waals surface area contributed by atoms with E-state index < -0.39 is 14.6 Å². The van der Waals surface area contributed by atoms with Crippen molar-refractivity contribution in [2.75, 3.05) is 32.0 Å². The van der Waals surface area contributed by atoms with E-state index in [1.54, 1.807) is 20.8 Å². The van der Waals surface area contributed by atoms with E-state index in [0.29, 0.717) is 25.0 Å². The molecule has 1 aliphatic heterocycles. The molecule has 2 rings (SSSR count). The van der Waals surface area contributed by atoms with Gasteiger partial charge in [-0.25, -0.2) is 8.42 Å². The van der Waals surface area contributed by atoms with Crippen molar-refractivity contribution in [3.05, 3.63) is 35.4 Å². The van der Waals surface area contributed by atoms with Gasteiger partial charge in [0.1, 0.15) is 0 Å². The molecule has 29 heavy (non-hydrogen) atoms. The minimum Gasteiger partial charge on any atom is -0.373 e. The number of hydrogen-bond acceptors (Lipinski definition) is 4. The van der Waals surface area contributed by atoms with Gasteiger partial charge < -0.3 is 15.4 Å². The molecule has 7 heteroatoms. The number of nitrogens with one attached hydrogen (secondary N) is 2. The van der Waals surface area contributed by atoms with E-state index in [1.165, 1.54) is 11.1 Å². The summed E-state index contributed by atoms with van der Waals surface area (Å²) in [6.07, 6.45) is 2.16. The highest BCUT2D eigenvalue weighted by Gasteiger charge is 2.29. The first kappa shape index (κ1) is 23.7. The van der Waals surface area contributed by atoms with E-state index in [2.05, 4.69) is 41.8 Å². The third-order valence-corrected chi connectivity index (χ3v) is 7.88. The Balaban J connectivity index is 2.00. The Morgan fingerprint density at radius 2 is 1.90 bits per heavy atom. The Labute approximate surface area is 176 Å². The van der Waals surface area contributed by atoms with Crippen LogP contribution in [0.2, 0.25) is 0 Å². The molecule has 6 nitrogen and oxygen atoms in total. The number of aryl methyl sites for hydroxylation is 1. The third-order valence-electron chi connectivity index (χ3n) is 5.28. The Morgan fingerprint density at radius 3 is 2.52 bits per heavy atom. The molecule has 1 aliphatic rings. The van der Waals surface area contributed by atoms with Crippen LogP contribution in [0.15, 0.2) is 29.3 Å². The van der Waals surface area contributed by atoms with Crippen molar-refractivity contribution in [3.63, 3.8) is 0 Å². The van der Waals surface area contributed by atoms with Gasteiger partial charge in [0.2, 0.25) is 0 Å². The lowest BCUT2D eigenvalue weighted by atomic mass is 9.89. The number of benzene rings is 1. The highest BCUT2D eigenvalue weighted by molar-refractivity contribution is 7.92. The minimum atomic E-state index is -3.16. The maximum Gasteiger partial charge on any atom is 0.191 e. The summed E-state index contributed by atoms with van der Waals surface area (Å²) >= 11 is 0. The predicted octanol–water partition coefficient (Wildman–Crippen LogP) is 3.23. The molecule has 0 aliphatic carbocycles. The van der Waals surface area contributed by atoms with Crippen LogP contribution in [-0.2, 0) is 14.6 Å². The van der Waals surface area contributed by atoms with Gasteiger partial charge in [-0.15, -0.1) is 0 Å². The van der Waals surface area contributed by atoms with Gasteiger partial charge in [-0.2, -0.15) is 0 Å². The minimum absolute atomic E-state index is 0.0530. The van der Waals surface area contributed by atoms with Gasteiger partial charge in [-0.1, -0.05) is 29.8 Å².